The molecule has 1 aliphatic carbocycles. The van der Waals surface area contributed by atoms with E-state index in [0.29, 0.717) is 11.7 Å². The topological polar surface area (TPSA) is 75.1 Å². The Kier molecular flexibility index (Phi) is 8.09. The van der Waals surface area contributed by atoms with Crippen LogP contribution in [0, 0.1) is 5.92 Å². The lowest BCUT2D eigenvalue weighted by Crippen LogP contribution is -2.18. The van der Waals surface area contributed by atoms with Crippen LogP contribution in [0.1, 0.15) is 50.8 Å². The van der Waals surface area contributed by atoms with Crippen LogP contribution in [-0.2, 0) is 17.6 Å². The maximum absolute atomic E-state index is 12.9. The summed E-state index contributed by atoms with van der Waals surface area (Å²) in [6.07, 6.45) is 7.67. The molecule has 0 radical (unpaired) electrons. The van der Waals surface area contributed by atoms with Crippen molar-refractivity contribution in [2.45, 2.75) is 52.4 Å². The molecular formula is C30H33N3O2. The van der Waals surface area contributed by atoms with E-state index in [4.69, 9.17) is 4.98 Å². The van der Waals surface area contributed by atoms with Crippen LogP contribution in [-0.4, -0.2) is 21.0 Å². The predicted octanol–water partition coefficient (Wildman–Crippen LogP) is 6.94. The summed E-state index contributed by atoms with van der Waals surface area (Å²) in [6, 6.07) is 21.2. The fraction of sp³-hybridized carbons (Fsp3) is 0.300. The molecule has 2 N–H and O–H groups in total. The second kappa shape index (κ2) is 11.6. The maximum Gasteiger partial charge on any atom is 0.229 e. The first-order chi connectivity index (χ1) is 17.1. The van der Waals surface area contributed by atoms with Gasteiger partial charge in [-0.05, 0) is 52.9 Å². The standard InChI is InChI=1S/C28H27N3O2.C2H6/c32-24-13-11-22(12-14-24)26-18-29-28(25(30-26)16-19-5-1-2-6-19)31-27(33)17-20-9-10-21-7-3-4-8-23(21)15-20;1-2/h3-4,7-15,18-19,32H,1-2,5-6,16-17H2,(H,29,31,33);1-2H3. The van der Waals surface area contributed by atoms with Crippen LogP contribution in [0.4, 0.5) is 5.82 Å². The minimum absolute atomic E-state index is 0.0929. The van der Waals surface area contributed by atoms with Gasteiger partial charge in [0.05, 0.1) is 24.0 Å². The molecule has 1 fully saturated rings. The molecule has 0 bridgehead atoms. The van der Waals surface area contributed by atoms with Crippen molar-refractivity contribution in [3.8, 4) is 17.0 Å². The van der Waals surface area contributed by atoms with Crippen molar-refractivity contribution in [1.82, 2.24) is 9.97 Å². The van der Waals surface area contributed by atoms with E-state index in [-0.39, 0.29) is 18.1 Å². The van der Waals surface area contributed by atoms with Crippen molar-refractivity contribution in [2.24, 2.45) is 5.92 Å². The Morgan fingerprint density at radius 1 is 0.971 bits per heavy atom. The number of rotatable bonds is 6. The first-order valence-corrected chi connectivity index (χ1v) is 12.6. The fourth-order valence-corrected chi connectivity index (χ4v) is 4.64. The Balaban J connectivity index is 0.00000141. The number of benzene rings is 3. The number of nitrogens with one attached hydrogen (secondary N) is 1. The molecule has 0 unspecified atom stereocenters. The summed E-state index contributed by atoms with van der Waals surface area (Å²) in [6.45, 7) is 4.00. The molecule has 5 rings (SSSR count). The molecule has 0 spiro atoms. The highest BCUT2D eigenvalue weighted by Crippen LogP contribution is 2.30. The number of hydrogen-bond donors (Lipinski definition) is 2. The summed E-state index contributed by atoms with van der Waals surface area (Å²) in [5.74, 6) is 1.25. The number of anilines is 1. The second-order valence-electron chi connectivity index (χ2n) is 8.86. The lowest BCUT2D eigenvalue weighted by molar-refractivity contribution is -0.115. The van der Waals surface area contributed by atoms with Crippen LogP contribution in [0.15, 0.2) is 72.9 Å². The van der Waals surface area contributed by atoms with E-state index in [1.165, 1.54) is 25.7 Å². The van der Waals surface area contributed by atoms with Gasteiger partial charge in [-0.3, -0.25) is 4.79 Å². The molecule has 1 aliphatic rings. The Morgan fingerprint density at radius 2 is 1.69 bits per heavy atom. The van der Waals surface area contributed by atoms with Gasteiger partial charge in [0.25, 0.3) is 0 Å². The van der Waals surface area contributed by atoms with Gasteiger partial charge < -0.3 is 10.4 Å². The molecule has 0 atom stereocenters. The number of phenols is 1. The van der Waals surface area contributed by atoms with Crippen LogP contribution in [0.2, 0.25) is 0 Å². The molecule has 1 heterocycles. The number of carbonyl (C=O) groups is 1. The van der Waals surface area contributed by atoms with Gasteiger partial charge >= 0.3 is 0 Å². The van der Waals surface area contributed by atoms with Gasteiger partial charge in [-0.15, -0.1) is 0 Å². The molecule has 5 heteroatoms. The van der Waals surface area contributed by atoms with Gasteiger partial charge in [0.1, 0.15) is 5.75 Å². The molecule has 1 saturated carbocycles. The molecule has 1 amide bonds. The van der Waals surface area contributed by atoms with Crippen molar-refractivity contribution >= 4 is 22.5 Å². The average molecular weight is 468 g/mol. The van der Waals surface area contributed by atoms with Crippen LogP contribution in [0.5, 0.6) is 5.75 Å². The minimum Gasteiger partial charge on any atom is -0.508 e. The van der Waals surface area contributed by atoms with Gasteiger partial charge in [0.15, 0.2) is 5.82 Å². The Hall–Kier alpha value is -3.73. The normalized spacial score (nSPS) is 13.3. The van der Waals surface area contributed by atoms with Crippen LogP contribution in [0.25, 0.3) is 22.0 Å². The number of phenolic OH excluding ortho intramolecular Hbond substituents is 1. The van der Waals surface area contributed by atoms with E-state index in [1.54, 1.807) is 18.3 Å². The molecule has 5 nitrogen and oxygen atoms in total. The summed E-state index contributed by atoms with van der Waals surface area (Å²) in [4.78, 5) is 22.4. The zero-order valence-electron chi connectivity index (χ0n) is 20.5. The third kappa shape index (κ3) is 6.24. The van der Waals surface area contributed by atoms with Gasteiger partial charge in [-0.1, -0.05) is 82.0 Å². The first kappa shape index (κ1) is 24.4. The highest BCUT2D eigenvalue weighted by molar-refractivity contribution is 5.93. The monoisotopic (exact) mass is 467 g/mol. The molecule has 35 heavy (non-hydrogen) atoms. The van der Waals surface area contributed by atoms with Crippen molar-refractivity contribution in [3.05, 3.63) is 84.2 Å². The molecule has 0 aliphatic heterocycles. The highest BCUT2D eigenvalue weighted by Gasteiger charge is 2.20. The van der Waals surface area contributed by atoms with E-state index in [2.05, 4.69) is 34.6 Å². The number of carbonyl (C=O) groups excluding carboxylic acids is 1. The molecule has 1 aromatic heterocycles. The summed E-state index contributed by atoms with van der Waals surface area (Å²) in [5.41, 5.74) is 3.44. The zero-order chi connectivity index (χ0) is 24.6. The van der Waals surface area contributed by atoms with Crippen molar-refractivity contribution < 1.29 is 9.90 Å². The van der Waals surface area contributed by atoms with Crippen LogP contribution >= 0.6 is 0 Å². The maximum atomic E-state index is 12.9. The van der Waals surface area contributed by atoms with Gasteiger partial charge in [-0.25, -0.2) is 9.97 Å². The summed E-state index contributed by atoms with van der Waals surface area (Å²) < 4.78 is 0. The van der Waals surface area contributed by atoms with E-state index >= 15 is 0 Å². The Labute approximate surface area is 207 Å². The van der Waals surface area contributed by atoms with E-state index in [0.717, 1.165) is 39.7 Å². The van der Waals surface area contributed by atoms with Gasteiger partial charge in [0.2, 0.25) is 5.91 Å². The number of aromatic nitrogens is 2. The summed E-state index contributed by atoms with van der Waals surface area (Å²) in [5, 5.41) is 14.9. The van der Waals surface area contributed by atoms with E-state index in [9.17, 15) is 9.90 Å². The van der Waals surface area contributed by atoms with Crippen molar-refractivity contribution in [3.63, 3.8) is 0 Å². The second-order valence-corrected chi connectivity index (χ2v) is 8.86. The number of aromatic hydroxyl groups is 1. The van der Waals surface area contributed by atoms with Crippen molar-refractivity contribution in [1.29, 1.82) is 0 Å². The molecule has 3 aromatic carbocycles. The van der Waals surface area contributed by atoms with E-state index in [1.807, 2.05) is 44.2 Å². The fourth-order valence-electron chi connectivity index (χ4n) is 4.64. The zero-order valence-corrected chi connectivity index (χ0v) is 20.5. The van der Waals surface area contributed by atoms with Crippen molar-refractivity contribution in [2.75, 3.05) is 5.32 Å². The van der Waals surface area contributed by atoms with E-state index < -0.39 is 0 Å². The number of hydrogen-bond acceptors (Lipinski definition) is 4. The van der Waals surface area contributed by atoms with Gasteiger partial charge in [-0.2, -0.15) is 0 Å². The SMILES string of the molecule is CC.O=C(Cc1ccc2ccccc2c1)Nc1ncc(-c2ccc(O)cc2)nc1CC1CCCC1. The summed E-state index contributed by atoms with van der Waals surface area (Å²) in [7, 11) is 0. The summed E-state index contributed by atoms with van der Waals surface area (Å²) >= 11 is 0. The Bertz CT molecular complexity index is 1280. The molecule has 4 aromatic rings. The lowest BCUT2D eigenvalue weighted by Gasteiger charge is -2.14. The molecular weight excluding hydrogens is 434 g/mol. The number of amides is 1. The smallest absolute Gasteiger partial charge is 0.229 e. The third-order valence-corrected chi connectivity index (χ3v) is 6.40. The highest BCUT2D eigenvalue weighted by atomic mass is 16.3. The third-order valence-electron chi connectivity index (χ3n) is 6.40. The first-order valence-electron chi connectivity index (χ1n) is 12.6. The van der Waals surface area contributed by atoms with Crippen LogP contribution < -0.4 is 5.32 Å². The minimum atomic E-state index is -0.0929. The molecule has 180 valence electrons. The Morgan fingerprint density at radius 3 is 2.43 bits per heavy atom. The van der Waals surface area contributed by atoms with Crippen LogP contribution in [0.3, 0.4) is 0 Å². The number of fused-ring (bicyclic) bond motifs is 1. The van der Waals surface area contributed by atoms with Gasteiger partial charge in [0, 0.05) is 5.56 Å². The number of nitrogens with zero attached hydrogens (tertiary/aromatic N) is 2. The average Bonchev–Trinajstić information content (AvgIpc) is 3.40. The largest absolute Gasteiger partial charge is 0.508 e. The predicted molar refractivity (Wildman–Crippen MR) is 142 cm³/mol. The lowest BCUT2D eigenvalue weighted by atomic mass is 10.0. The molecule has 0 saturated heterocycles. The quantitative estimate of drug-likeness (QED) is 0.322.